The molecule has 0 fully saturated rings. The van der Waals surface area contributed by atoms with E-state index in [0.717, 1.165) is 46.8 Å². The van der Waals surface area contributed by atoms with Crippen molar-refractivity contribution in [3.05, 3.63) is 89.7 Å². The second-order valence-electron chi connectivity index (χ2n) is 7.50. The maximum atomic E-state index is 13.3. The summed E-state index contributed by atoms with van der Waals surface area (Å²) in [5.74, 6) is -0.833. The number of alkyl halides is 3. The zero-order chi connectivity index (χ0) is 26.6. The smallest absolute Gasteiger partial charge is 0.383 e. The monoisotopic (exact) mass is 547 g/mol. The Labute approximate surface area is 206 Å². The third-order valence-electron chi connectivity index (χ3n) is 4.91. The van der Waals surface area contributed by atoms with E-state index in [4.69, 9.17) is 8.92 Å². The van der Waals surface area contributed by atoms with E-state index >= 15 is 0 Å². The molecule has 0 spiro atoms. The first-order valence-corrected chi connectivity index (χ1v) is 13.1. The zero-order valence-corrected chi connectivity index (χ0v) is 20.4. The summed E-state index contributed by atoms with van der Waals surface area (Å²) in [5, 5.41) is 0. The molecule has 0 unspecified atom stereocenters. The van der Waals surface area contributed by atoms with Gasteiger partial charge in [-0.2, -0.15) is 25.9 Å². The number of sulfonamides is 1. The fourth-order valence-electron chi connectivity index (χ4n) is 3.13. The van der Waals surface area contributed by atoms with E-state index in [-0.39, 0.29) is 30.3 Å². The van der Waals surface area contributed by atoms with E-state index in [1.54, 1.807) is 0 Å². The lowest BCUT2D eigenvalue weighted by Crippen LogP contribution is -2.33. The standard InChI is InChI=1S/C23H21F4NO6S2/c1-33-13-12-28(35(29,30)21-10-8-19(24)9-11-21)16-17-4-2-6-20(14-17)34-36(31,32)22-7-3-5-18(15-22)23(25,26)27/h2-11,14-15H,12-13,16H2,1H3. The van der Waals surface area contributed by atoms with Crippen LogP contribution in [0.5, 0.6) is 5.75 Å². The summed E-state index contributed by atoms with van der Waals surface area (Å²) in [4.78, 5) is -0.845. The van der Waals surface area contributed by atoms with Gasteiger partial charge in [0.25, 0.3) is 0 Å². The van der Waals surface area contributed by atoms with Crippen molar-refractivity contribution in [2.24, 2.45) is 0 Å². The van der Waals surface area contributed by atoms with Crippen LogP contribution in [0.2, 0.25) is 0 Å². The number of rotatable bonds is 10. The molecule has 0 saturated carbocycles. The summed E-state index contributed by atoms with van der Waals surface area (Å²) in [6, 6.07) is 12.8. The molecule has 7 nitrogen and oxygen atoms in total. The molecule has 0 aliphatic carbocycles. The molecule has 0 heterocycles. The number of benzene rings is 3. The Kier molecular flexibility index (Phi) is 8.39. The van der Waals surface area contributed by atoms with Crippen molar-refractivity contribution in [3.8, 4) is 5.75 Å². The first kappa shape index (κ1) is 27.6. The van der Waals surface area contributed by atoms with Crippen LogP contribution in [-0.2, 0) is 37.6 Å². The van der Waals surface area contributed by atoms with E-state index in [9.17, 15) is 34.4 Å². The molecule has 0 N–H and O–H groups in total. The van der Waals surface area contributed by atoms with E-state index in [2.05, 4.69) is 0 Å². The van der Waals surface area contributed by atoms with Crippen molar-refractivity contribution < 1.29 is 43.3 Å². The average molecular weight is 548 g/mol. The van der Waals surface area contributed by atoms with Crippen molar-refractivity contribution in [2.45, 2.75) is 22.5 Å². The molecule has 0 amide bonds. The lowest BCUT2D eigenvalue weighted by Gasteiger charge is -2.22. The van der Waals surface area contributed by atoms with Gasteiger partial charge in [0.1, 0.15) is 16.5 Å². The van der Waals surface area contributed by atoms with Gasteiger partial charge in [-0.05, 0) is 60.2 Å². The molecule has 3 aromatic carbocycles. The molecule has 0 saturated heterocycles. The fraction of sp³-hybridized carbons (Fsp3) is 0.217. The lowest BCUT2D eigenvalue weighted by molar-refractivity contribution is -0.137. The maximum Gasteiger partial charge on any atom is 0.416 e. The predicted octanol–water partition coefficient (Wildman–Crippen LogP) is 4.45. The van der Waals surface area contributed by atoms with Crippen molar-refractivity contribution >= 4 is 20.1 Å². The molecule has 0 aliphatic rings. The molecular weight excluding hydrogens is 526 g/mol. The van der Waals surface area contributed by atoms with E-state index < -0.39 is 42.6 Å². The van der Waals surface area contributed by atoms with Crippen molar-refractivity contribution in [2.75, 3.05) is 20.3 Å². The van der Waals surface area contributed by atoms with Crippen LogP contribution in [0, 0.1) is 5.82 Å². The molecule has 3 aromatic rings. The molecular formula is C23H21F4NO6S2. The molecule has 0 atom stereocenters. The molecule has 13 heteroatoms. The topological polar surface area (TPSA) is 90.0 Å². The Morgan fingerprint density at radius 1 is 0.861 bits per heavy atom. The second-order valence-corrected chi connectivity index (χ2v) is 11.0. The van der Waals surface area contributed by atoms with Gasteiger partial charge in [0.2, 0.25) is 10.0 Å². The highest BCUT2D eigenvalue weighted by molar-refractivity contribution is 7.89. The summed E-state index contributed by atoms with van der Waals surface area (Å²) < 4.78 is 115. The van der Waals surface area contributed by atoms with E-state index in [1.807, 2.05) is 0 Å². The normalized spacial score (nSPS) is 12.6. The Bertz CT molecular complexity index is 1410. The summed E-state index contributed by atoms with van der Waals surface area (Å²) in [7, 11) is -7.31. The number of ether oxygens (including phenoxy) is 1. The third kappa shape index (κ3) is 6.81. The van der Waals surface area contributed by atoms with Gasteiger partial charge in [0, 0.05) is 20.2 Å². The van der Waals surface area contributed by atoms with Gasteiger partial charge in [0.05, 0.1) is 17.1 Å². The van der Waals surface area contributed by atoms with Gasteiger partial charge in [0.15, 0.2) is 0 Å². The van der Waals surface area contributed by atoms with Gasteiger partial charge in [-0.3, -0.25) is 0 Å². The van der Waals surface area contributed by atoms with Crippen LogP contribution in [-0.4, -0.2) is 41.4 Å². The minimum Gasteiger partial charge on any atom is -0.383 e. The second kappa shape index (κ2) is 10.9. The fourth-order valence-corrected chi connectivity index (χ4v) is 5.52. The van der Waals surface area contributed by atoms with Crippen molar-refractivity contribution in [1.82, 2.24) is 4.31 Å². The predicted molar refractivity (Wildman–Crippen MR) is 122 cm³/mol. The highest BCUT2D eigenvalue weighted by Gasteiger charge is 2.32. The first-order chi connectivity index (χ1) is 16.8. The number of hydrogen-bond acceptors (Lipinski definition) is 6. The number of methoxy groups -OCH3 is 1. The Morgan fingerprint density at radius 3 is 2.17 bits per heavy atom. The van der Waals surface area contributed by atoms with E-state index in [1.165, 1.54) is 31.4 Å². The Hall–Kier alpha value is -3.00. The van der Waals surface area contributed by atoms with E-state index in [0.29, 0.717) is 11.6 Å². The highest BCUT2D eigenvalue weighted by Crippen LogP contribution is 2.31. The number of hydrogen-bond donors (Lipinski definition) is 0. The molecule has 36 heavy (non-hydrogen) atoms. The third-order valence-corrected chi connectivity index (χ3v) is 8.01. The highest BCUT2D eigenvalue weighted by atomic mass is 32.2. The summed E-state index contributed by atoms with van der Waals surface area (Å²) in [6.07, 6.45) is -4.74. The molecule has 0 radical (unpaired) electrons. The average Bonchev–Trinajstić information content (AvgIpc) is 2.81. The van der Waals surface area contributed by atoms with Gasteiger partial charge in [-0.25, -0.2) is 12.8 Å². The van der Waals surface area contributed by atoms with Gasteiger partial charge >= 0.3 is 16.3 Å². The van der Waals surface area contributed by atoms with Gasteiger partial charge in [-0.15, -0.1) is 0 Å². The van der Waals surface area contributed by atoms with Crippen LogP contribution in [0.15, 0.2) is 82.6 Å². The molecule has 194 valence electrons. The SMILES string of the molecule is COCCN(Cc1cccc(OS(=O)(=O)c2cccc(C(F)(F)F)c2)c1)S(=O)(=O)c1ccc(F)cc1. The Morgan fingerprint density at radius 2 is 1.53 bits per heavy atom. The quantitative estimate of drug-likeness (QED) is 0.275. The summed E-state index contributed by atoms with van der Waals surface area (Å²) in [5.41, 5.74) is -0.825. The van der Waals surface area contributed by atoms with Crippen LogP contribution in [0.1, 0.15) is 11.1 Å². The van der Waals surface area contributed by atoms with Crippen molar-refractivity contribution in [3.63, 3.8) is 0 Å². The molecule has 3 rings (SSSR count). The first-order valence-electron chi connectivity index (χ1n) is 10.3. The van der Waals surface area contributed by atoms with Crippen LogP contribution < -0.4 is 4.18 Å². The lowest BCUT2D eigenvalue weighted by atomic mass is 10.2. The van der Waals surface area contributed by atoms with Crippen LogP contribution in [0.3, 0.4) is 0 Å². The Balaban J connectivity index is 1.86. The minimum atomic E-state index is -4.74. The van der Waals surface area contributed by atoms with Gasteiger partial charge in [-0.1, -0.05) is 18.2 Å². The molecule has 0 aromatic heterocycles. The van der Waals surface area contributed by atoms with Crippen LogP contribution >= 0.6 is 0 Å². The van der Waals surface area contributed by atoms with Crippen molar-refractivity contribution in [1.29, 1.82) is 0 Å². The number of nitrogens with zero attached hydrogens (tertiary/aromatic N) is 1. The van der Waals surface area contributed by atoms with Gasteiger partial charge < -0.3 is 8.92 Å². The minimum absolute atomic E-state index is 0.0422. The summed E-state index contributed by atoms with van der Waals surface area (Å²) >= 11 is 0. The number of halogens is 4. The maximum absolute atomic E-state index is 13.3. The largest absolute Gasteiger partial charge is 0.416 e. The molecule has 0 bridgehead atoms. The van der Waals surface area contributed by atoms with Crippen LogP contribution in [0.25, 0.3) is 0 Å². The van der Waals surface area contributed by atoms with Crippen LogP contribution in [0.4, 0.5) is 17.6 Å². The zero-order valence-electron chi connectivity index (χ0n) is 18.8. The summed E-state index contributed by atoms with van der Waals surface area (Å²) in [6.45, 7) is -0.242. The molecule has 0 aliphatic heterocycles.